The third-order valence-electron chi connectivity index (χ3n) is 3.88. The normalized spacial score (nSPS) is 11.1. The molecule has 6 heteroatoms. The van der Waals surface area contributed by atoms with Crippen LogP contribution >= 0.6 is 24.0 Å². The second-order valence-electron chi connectivity index (χ2n) is 5.95. The number of benzene rings is 2. The van der Waals surface area contributed by atoms with E-state index in [0.29, 0.717) is 32.3 Å². The first kappa shape index (κ1) is 23.4. The van der Waals surface area contributed by atoms with E-state index in [-0.39, 0.29) is 24.0 Å². The Balaban J connectivity index is 0.00000364. The van der Waals surface area contributed by atoms with Gasteiger partial charge in [0.1, 0.15) is 0 Å². The lowest BCUT2D eigenvalue weighted by molar-refractivity contribution is 0.0453. The van der Waals surface area contributed by atoms with Gasteiger partial charge in [0.25, 0.3) is 0 Å². The number of nitrogens with one attached hydrogen (secondary N) is 1. The topological polar surface area (TPSA) is 68.9 Å². The van der Waals surface area contributed by atoms with Gasteiger partial charge in [-0.2, -0.15) is 0 Å². The lowest BCUT2D eigenvalue weighted by Gasteiger charge is -2.08. The van der Waals surface area contributed by atoms with Crippen molar-refractivity contribution >= 4 is 35.6 Å². The third-order valence-corrected chi connectivity index (χ3v) is 3.88. The molecule has 0 saturated carbocycles. The molecule has 3 N–H and O–H groups in total. The molecular formula is C21H30IN3O2. The lowest BCUT2D eigenvalue weighted by Crippen LogP contribution is -2.22. The van der Waals surface area contributed by atoms with Gasteiger partial charge in [-0.1, -0.05) is 43.3 Å². The van der Waals surface area contributed by atoms with E-state index in [0.717, 1.165) is 29.8 Å². The van der Waals surface area contributed by atoms with E-state index in [1.165, 1.54) is 5.56 Å². The van der Waals surface area contributed by atoms with Gasteiger partial charge in [-0.3, -0.25) is 0 Å². The first-order chi connectivity index (χ1) is 12.7. The van der Waals surface area contributed by atoms with Crippen molar-refractivity contribution in [2.75, 3.05) is 25.1 Å². The number of hydrogen-bond acceptors (Lipinski definition) is 3. The van der Waals surface area contributed by atoms with E-state index >= 15 is 0 Å². The monoisotopic (exact) mass is 483 g/mol. The van der Waals surface area contributed by atoms with Crippen LogP contribution in [0.3, 0.4) is 0 Å². The molecule has 0 aliphatic carbocycles. The van der Waals surface area contributed by atoms with Crippen LogP contribution in [0.5, 0.6) is 0 Å². The summed E-state index contributed by atoms with van der Waals surface area (Å²) >= 11 is 0. The Morgan fingerprint density at radius 3 is 2.44 bits per heavy atom. The zero-order valence-electron chi connectivity index (χ0n) is 16.1. The van der Waals surface area contributed by atoms with E-state index in [1.54, 1.807) is 0 Å². The molecule has 0 amide bonds. The standard InChI is InChI=1S/C21H29N3O2.HI/c1-3-17-7-6-10-20(14-17)24-21(22)23-15-18-8-5-9-19(13-18)16-26-12-11-25-4-2;/h5-10,13-14H,3-4,11-12,15-16H2,1-2H3,(H3,22,23,24);1H. The Bertz CT molecular complexity index is 707. The number of anilines is 1. The van der Waals surface area contributed by atoms with Crippen molar-refractivity contribution in [3.05, 3.63) is 65.2 Å². The highest BCUT2D eigenvalue weighted by atomic mass is 127. The average Bonchev–Trinajstić information content (AvgIpc) is 2.67. The number of guanidine groups is 1. The summed E-state index contributed by atoms with van der Waals surface area (Å²) in [5.74, 6) is 0.414. The molecule has 0 fully saturated rings. The van der Waals surface area contributed by atoms with Gasteiger partial charge in [0, 0.05) is 12.3 Å². The van der Waals surface area contributed by atoms with E-state index in [4.69, 9.17) is 15.2 Å². The van der Waals surface area contributed by atoms with E-state index < -0.39 is 0 Å². The van der Waals surface area contributed by atoms with Gasteiger partial charge in [0.2, 0.25) is 0 Å². The van der Waals surface area contributed by atoms with Crippen molar-refractivity contribution in [2.45, 2.75) is 33.4 Å². The Kier molecular flexibility index (Phi) is 11.7. The summed E-state index contributed by atoms with van der Waals surface area (Å²) in [5.41, 5.74) is 10.5. The van der Waals surface area contributed by atoms with Crippen LogP contribution in [-0.2, 0) is 29.0 Å². The Morgan fingerprint density at radius 2 is 1.67 bits per heavy atom. The molecule has 2 rings (SSSR count). The first-order valence-electron chi connectivity index (χ1n) is 9.10. The molecule has 0 bridgehead atoms. The van der Waals surface area contributed by atoms with Crippen LogP contribution in [-0.4, -0.2) is 25.8 Å². The van der Waals surface area contributed by atoms with Crippen LogP contribution in [0, 0.1) is 0 Å². The van der Waals surface area contributed by atoms with Crippen molar-refractivity contribution in [3.63, 3.8) is 0 Å². The molecule has 5 nitrogen and oxygen atoms in total. The van der Waals surface area contributed by atoms with Crippen molar-refractivity contribution in [3.8, 4) is 0 Å². The van der Waals surface area contributed by atoms with Crippen molar-refractivity contribution in [2.24, 2.45) is 10.7 Å². The minimum Gasteiger partial charge on any atom is -0.379 e. The molecule has 0 atom stereocenters. The highest BCUT2D eigenvalue weighted by Crippen LogP contribution is 2.11. The van der Waals surface area contributed by atoms with Crippen molar-refractivity contribution in [1.29, 1.82) is 0 Å². The van der Waals surface area contributed by atoms with Crippen LogP contribution in [0.1, 0.15) is 30.5 Å². The predicted molar refractivity (Wildman–Crippen MR) is 123 cm³/mol. The molecule has 0 aliphatic rings. The van der Waals surface area contributed by atoms with Crippen LogP contribution in [0.4, 0.5) is 5.69 Å². The largest absolute Gasteiger partial charge is 0.379 e. The molecule has 0 radical (unpaired) electrons. The summed E-state index contributed by atoms with van der Waals surface area (Å²) in [4.78, 5) is 4.43. The Hall–Kier alpha value is -1.64. The number of aliphatic imine (C=N–C) groups is 1. The summed E-state index contributed by atoms with van der Waals surface area (Å²) < 4.78 is 10.9. The number of halogens is 1. The molecular weight excluding hydrogens is 453 g/mol. The van der Waals surface area contributed by atoms with Gasteiger partial charge in [0.05, 0.1) is 26.4 Å². The van der Waals surface area contributed by atoms with Crippen LogP contribution in [0.15, 0.2) is 53.5 Å². The Morgan fingerprint density at radius 1 is 0.963 bits per heavy atom. The second-order valence-corrected chi connectivity index (χ2v) is 5.95. The molecule has 0 saturated heterocycles. The van der Waals surface area contributed by atoms with Gasteiger partial charge in [-0.15, -0.1) is 24.0 Å². The van der Waals surface area contributed by atoms with E-state index in [9.17, 15) is 0 Å². The molecule has 0 aromatic heterocycles. The second kappa shape index (κ2) is 13.5. The fraction of sp³-hybridized carbons (Fsp3) is 0.381. The number of nitrogens with two attached hydrogens (primary N) is 1. The van der Waals surface area contributed by atoms with Crippen LogP contribution in [0.25, 0.3) is 0 Å². The SMILES string of the molecule is CCOCCOCc1cccc(CN=C(N)Nc2cccc(CC)c2)c1.I. The predicted octanol–water partition coefficient (Wildman–Crippen LogP) is 4.35. The lowest BCUT2D eigenvalue weighted by atomic mass is 10.1. The maximum atomic E-state index is 6.01. The number of ether oxygens (including phenoxy) is 2. The summed E-state index contributed by atoms with van der Waals surface area (Å²) in [7, 11) is 0. The van der Waals surface area contributed by atoms with E-state index in [1.807, 2.05) is 37.3 Å². The highest BCUT2D eigenvalue weighted by Gasteiger charge is 1.99. The summed E-state index contributed by atoms with van der Waals surface area (Å²) in [5, 5.41) is 3.14. The zero-order chi connectivity index (χ0) is 18.6. The van der Waals surface area contributed by atoms with Crippen LogP contribution in [0.2, 0.25) is 0 Å². The average molecular weight is 483 g/mol. The van der Waals surface area contributed by atoms with Gasteiger partial charge in [-0.05, 0) is 42.2 Å². The summed E-state index contributed by atoms with van der Waals surface area (Å²) in [6, 6.07) is 16.4. The minimum absolute atomic E-state index is 0. The van der Waals surface area contributed by atoms with Crippen LogP contribution < -0.4 is 11.1 Å². The molecule has 2 aromatic carbocycles. The van der Waals surface area contributed by atoms with Gasteiger partial charge in [0.15, 0.2) is 5.96 Å². The molecule has 0 aliphatic heterocycles. The zero-order valence-corrected chi connectivity index (χ0v) is 18.4. The minimum atomic E-state index is 0. The van der Waals surface area contributed by atoms with Crippen molar-refractivity contribution < 1.29 is 9.47 Å². The third kappa shape index (κ3) is 9.21. The smallest absolute Gasteiger partial charge is 0.193 e. The quantitative estimate of drug-likeness (QED) is 0.228. The molecule has 0 heterocycles. The molecule has 27 heavy (non-hydrogen) atoms. The molecule has 0 unspecified atom stereocenters. The number of hydrogen-bond donors (Lipinski definition) is 2. The number of rotatable bonds is 10. The maximum Gasteiger partial charge on any atom is 0.193 e. The molecule has 2 aromatic rings. The number of nitrogens with zero attached hydrogens (tertiary/aromatic N) is 1. The Labute approximate surface area is 179 Å². The highest BCUT2D eigenvalue weighted by molar-refractivity contribution is 14.0. The maximum absolute atomic E-state index is 6.01. The molecule has 0 spiro atoms. The fourth-order valence-electron chi connectivity index (χ4n) is 2.50. The summed E-state index contributed by atoms with van der Waals surface area (Å²) in [6.45, 7) is 7.15. The van der Waals surface area contributed by atoms with Gasteiger partial charge < -0.3 is 20.5 Å². The first-order valence-corrected chi connectivity index (χ1v) is 9.10. The van der Waals surface area contributed by atoms with Gasteiger partial charge >= 0.3 is 0 Å². The summed E-state index contributed by atoms with van der Waals surface area (Å²) in [6.07, 6.45) is 0.992. The van der Waals surface area contributed by atoms with Crippen molar-refractivity contribution in [1.82, 2.24) is 0 Å². The fourth-order valence-corrected chi connectivity index (χ4v) is 2.50. The molecule has 148 valence electrons. The number of aryl methyl sites for hydroxylation is 1. The van der Waals surface area contributed by atoms with Gasteiger partial charge in [-0.25, -0.2) is 4.99 Å². The van der Waals surface area contributed by atoms with E-state index in [2.05, 4.69) is 35.4 Å².